The van der Waals surface area contributed by atoms with Crippen molar-refractivity contribution in [2.45, 2.75) is 31.7 Å². The molecule has 2 saturated heterocycles. The highest BCUT2D eigenvalue weighted by molar-refractivity contribution is 5.82. The first-order valence-electron chi connectivity index (χ1n) is 12.3. The molecule has 0 radical (unpaired) electrons. The van der Waals surface area contributed by atoms with Crippen molar-refractivity contribution >= 4 is 22.8 Å². The summed E-state index contributed by atoms with van der Waals surface area (Å²) in [5, 5.41) is 4.56. The normalized spacial score (nSPS) is 20.0. The standard InChI is InChI=1S/C26H32N6O/c27-22-8-11-29(12-9-22)23-5-3-19(4-6-23)21-17-25-24(7-10-28-32(25)18-21)30-13-15-31(16-14-30)26(33)20-1-2-20/h3-7,10,17-18,20,22H,1-2,8-9,11-16,27H2. The van der Waals surface area contributed by atoms with E-state index in [0.29, 0.717) is 17.9 Å². The molecule has 1 aliphatic carbocycles. The Balaban J connectivity index is 1.19. The maximum atomic E-state index is 12.4. The summed E-state index contributed by atoms with van der Waals surface area (Å²) in [6, 6.07) is 13.5. The molecule has 1 amide bonds. The molecule has 4 heterocycles. The molecule has 6 rings (SSSR count). The molecule has 0 bridgehead atoms. The van der Waals surface area contributed by atoms with Crippen LogP contribution in [0.3, 0.4) is 0 Å². The van der Waals surface area contributed by atoms with Gasteiger partial charge in [0.1, 0.15) is 0 Å². The van der Waals surface area contributed by atoms with Crippen molar-refractivity contribution in [3.8, 4) is 11.1 Å². The molecule has 7 heteroatoms. The van der Waals surface area contributed by atoms with Crippen LogP contribution in [-0.2, 0) is 4.79 Å². The second-order valence-corrected chi connectivity index (χ2v) is 9.73. The van der Waals surface area contributed by atoms with Gasteiger partial charge in [0.15, 0.2) is 0 Å². The van der Waals surface area contributed by atoms with Crippen LogP contribution in [-0.4, -0.2) is 65.7 Å². The average molecular weight is 445 g/mol. The Labute approximate surface area is 194 Å². The topological polar surface area (TPSA) is 70.1 Å². The number of piperazine rings is 1. The van der Waals surface area contributed by atoms with E-state index in [1.165, 1.54) is 22.5 Å². The summed E-state index contributed by atoms with van der Waals surface area (Å²) >= 11 is 0. The molecular formula is C26H32N6O. The third-order valence-corrected chi connectivity index (χ3v) is 7.45. The molecule has 2 N–H and O–H groups in total. The molecule has 33 heavy (non-hydrogen) atoms. The fourth-order valence-corrected chi connectivity index (χ4v) is 5.20. The molecule has 2 aliphatic heterocycles. The van der Waals surface area contributed by atoms with Crippen LogP contribution in [0.4, 0.5) is 11.4 Å². The van der Waals surface area contributed by atoms with Gasteiger partial charge in [0, 0.05) is 74.9 Å². The molecule has 7 nitrogen and oxygen atoms in total. The molecule has 1 saturated carbocycles. The SMILES string of the molecule is NC1CCN(c2ccc(-c3cc4c(N5CCN(C(=O)C6CC6)CC5)ccnn4c3)cc2)CC1. The van der Waals surface area contributed by atoms with E-state index in [4.69, 9.17) is 5.73 Å². The molecule has 0 unspecified atom stereocenters. The molecule has 1 aromatic carbocycles. The van der Waals surface area contributed by atoms with E-state index in [9.17, 15) is 4.79 Å². The van der Waals surface area contributed by atoms with Gasteiger partial charge in [0.05, 0.1) is 11.2 Å². The van der Waals surface area contributed by atoms with Crippen LogP contribution in [0.2, 0.25) is 0 Å². The Morgan fingerprint density at radius 3 is 2.27 bits per heavy atom. The Morgan fingerprint density at radius 2 is 1.58 bits per heavy atom. The smallest absolute Gasteiger partial charge is 0.225 e. The maximum Gasteiger partial charge on any atom is 0.225 e. The molecule has 3 aliphatic rings. The molecular weight excluding hydrogens is 412 g/mol. The molecule has 3 aromatic rings. The average Bonchev–Trinajstić information content (AvgIpc) is 3.62. The van der Waals surface area contributed by atoms with Crippen molar-refractivity contribution in [2.24, 2.45) is 11.7 Å². The van der Waals surface area contributed by atoms with Crippen LogP contribution < -0.4 is 15.5 Å². The fraction of sp³-hybridized carbons (Fsp3) is 0.462. The highest BCUT2D eigenvalue weighted by atomic mass is 16.2. The first-order chi connectivity index (χ1) is 16.2. The van der Waals surface area contributed by atoms with E-state index >= 15 is 0 Å². The van der Waals surface area contributed by atoms with Gasteiger partial charge in [-0.15, -0.1) is 0 Å². The third kappa shape index (κ3) is 4.06. The van der Waals surface area contributed by atoms with Crippen molar-refractivity contribution in [1.82, 2.24) is 14.5 Å². The summed E-state index contributed by atoms with van der Waals surface area (Å²) < 4.78 is 1.98. The fourth-order valence-electron chi connectivity index (χ4n) is 5.20. The number of nitrogens with two attached hydrogens (primary N) is 1. The number of carbonyl (C=O) groups is 1. The van der Waals surface area contributed by atoms with Gasteiger partial charge in [-0.2, -0.15) is 5.10 Å². The predicted octanol–water partition coefficient (Wildman–Crippen LogP) is 2.99. The summed E-state index contributed by atoms with van der Waals surface area (Å²) in [4.78, 5) is 19.3. The quantitative estimate of drug-likeness (QED) is 0.670. The number of fused-ring (bicyclic) bond motifs is 1. The van der Waals surface area contributed by atoms with Crippen molar-refractivity contribution in [3.05, 3.63) is 48.8 Å². The number of amides is 1. The van der Waals surface area contributed by atoms with E-state index in [-0.39, 0.29) is 0 Å². The highest BCUT2D eigenvalue weighted by Gasteiger charge is 2.34. The van der Waals surface area contributed by atoms with Gasteiger partial charge < -0.3 is 20.4 Å². The minimum Gasteiger partial charge on any atom is -0.371 e. The van der Waals surface area contributed by atoms with E-state index in [0.717, 1.165) is 70.5 Å². The summed E-state index contributed by atoms with van der Waals surface area (Å²) in [7, 11) is 0. The Hall–Kier alpha value is -3.06. The first-order valence-corrected chi connectivity index (χ1v) is 12.3. The van der Waals surface area contributed by atoms with E-state index in [1.54, 1.807) is 0 Å². The zero-order valence-electron chi connectivity index (χ0n) is 19.1. The van der Waals surface area contributed by atoms with Crippen LogP contribution in [0.25, 0.3) is 16.6 Å². The first kappa shape index (κ1) is 20.5. The molecule has 0 spiro atoms. The summed E-state index contributed by atoms with van der Waals surface area (Å²) in [5.74, 6) is 0.659. The zero-order chi connectivity index (χ0) is 22.4. The van der Waals surface area contributed by atoms with Gasteiger partial charge in [-0.3, -0.25) is 4.79 Å². The van der Waals surface area contributed by atoms with Crippen LogP contribution in [0, 0.1) is 5.92 Å². The van der Waals surface area contributed by atoms with Gasteiger partial charge >= 0.3 is 0 Å². The van der Waals surface area contributed by atoms with E-state index < -0.39 is 0 Å². The number of benzene rings is 1. The van der Waals surface area contributed by atoms with Crippen LogP contribution in [0.1, 0.15) is 25.7 Å². The van der Waals surface area contributed by atoms with Gasteiger partial charge in [-0.25, -0.2) is 4.52 Å². The van der Waals surface area contributed by atoms with Gasteiger partial charge in [-0.05, 0) is 55.5 Å². The number of carbonyl (C=O) groups excluding carboxylic acids is 1. The predicted molar refractivity (Wildman–Crippen MR) is 132 cm³/mol. The van der Waals surface area contributed by atoms with Crippen molar-refractivity contribution < 1.29 is 4.79 Å². The molecule has 172 valence electrons. The minimum absolute atomic E-state index is 0.302. The zero-order valence-corrected chi connectivity index (χ0v) is 19.1. The number of piperidine rings is 1. The lowest BCUT2D eigenvalue weighted by Crippen LogP contribution is -2.49. The maximum absolute atomic E-state index is 12.4. The second kappa shape index (κ2) is 8.37. The van der Waals surface area contributed by atoms with Gasteiger partial charge in [0.2, 0.25) is 5.91 Å². The minimum atomic E-state index is 0.302. The van der Waals surface area contributed by atoms with Gasteiger partial charge in [0.25, 0.3) is 0 Å². The molecule has 3 fully saturated rings. The Kier molecular flexibility index (Phi) is 5.21. The van der Waals surface area contributed by atoms with Crippen molar-refractivity contribution in [3.63, 3.8) is 0 Å². The highest BCUT2D eigenvalue weighted by Crippen LogP contribution is 2.33. The van der Waals surface area contributed by atoms with Crippen molar-refractivity contribution in [2.75, 3.05) is 49.1 Å². The van der Waals surface area contributed by atoms with E-state index in [1.807, 2.05) is 15.6 Å². The van der Waals surface area contributed by atoms with Crippen LogP contribution in [0.5, 0.6) is 0 Å². The third-order valence-electron chi connectivity index (χ3n) is 7.45. The summed E-state index contributed by atoms with van der Waals surface area (Å²) in [6.07, 6.45) is 8.25. The summed E-state index contributed by atoms with van der Waals surface area (Å²) in [5.41, 5.74) is 12.0. The van der Waals surface area contributed by atoms with Crippen molar-refractivity contribution in [1.29, 1.82) is 0 Å². The van der Waals surface area contributed by atoms with E-state index in [2.05, 4.69) is 57.5 Å². The summed E-state index contributed by atoms with van der Waals surface area (Å²) in [6.45, 7) is 5.41. The number of rotatable bonds is 4. The largest absolute Gasteiger partial charge is 0.371 e. The number of nitrogens with zero attached hydrogens (tertiary/aromatic N) is 5. The molecule has 0 atom stereocenters. The number of hydrogen-bond donors (Lipinski definition) is 1. The lowest BCUT2D eigenvalue weighted by Gasteiger charge is -2.36. The lowest BCUT2D eigenvalue weighted by molar-refractivity contribution is -0.132. The van der Waals surface area contributed by atoms with Crippen LogP contribution >= 0.6 is 0 Å². The molecule has 2 aromatic heterocycles. The Bertz CT molecular complexity index is 1140. The Morgan fingerprint density at radius 1 is 0.848 bits per heavy atom. The monoisotopic (exact) mass is 444 g/mol. The second-order valence-electron chi connectivity index (χ2n) is 9.73. The number of aromatic nitrogens is 2. The van der Waals surface area contributed by atoms with Gasteiger partial charge in [-0.1, -0.05) is 12.1 Å². The number of anilines is 2. The number of hydrogen-bond acceptors (Lipinski definition) is 5. The van der Waals surface area contributed by atoms with Crippen LogP contribution in [0.15, 0.2) is 48.8 Å². The lowest BCUT2D eigenvalue weighted by atomic mass is 10.0.